The molecule has 3 heterocycles. The van der Waals surface area contributed by atoms with Crippen molar-refractivity contribution in [2.75, 3.05) is 57.9 Å². The molecule has 0 bridgehead atoms. The van der Waals surface area contributed by atoms with Crippen LogP contribution < -0.4 is 10.2 Å². The first-order valence-corrected chi connectivity index (χ1v) is 13.0. The molecular formula is C27H40N4O5. The Balaban J connectivity index is 1.48. The van der Waals surface area contributed by atoms with Crippen molar-refractivity contribution in [2.24, 2.45) is 5.41 Å². The summed E-state index contributed by atoms with van der Waals surface area (Å²) in [5.41, 5.74) is 1.38. The Hall–Kier alpha value is -2.49. The van der Waals surface area contributed by atoms with E-state index in [0.29, 0.717) is 18.6 Å². The minimum absolute atomic E-state index is 0.0152. The third-order valence-corrected chi connectivity index (χ3v) is 7.22. The molecule has 1 N–H and O–H groups in total. The van der Waals surface area contributed by atoms with Crippen LogP contribution in [0.15, 0.2) is 24.3 Å². The van der Waals surface area contributed by atoms with Crippen molar-refractivity contribution in [3.63, 3.8) is 0 Å². The van der Waals surface area contributed by atoms with Crippen LogP contribution in [0.2, 0.25) is 0 Å². The highest BCUT2D eigenvalue weighted by atomic mass is 16.6. The fourth-order valence-electron chi connectivity index (χ4n) is 5.34. The zero-order valence-corrected chi connectivity index (χ0v) is 22.2. The smallest absolute Gasteiger partial charge is 0.251 e. The standard InChI is InChI=1S/C27H40N4O5/c1-6-35-22-16-31(23-21(32)17-36-24(22)23)26(34)20(15-27(2,3)4)28-25(33)18-7-9-19(10-8-18)30-13-11-29(5)12-14-30/h7-10,20,22-24H,6,11-17H2,1-5H3,(H,28,33)/t20-,22-,23+,24+/m0/s1. The molecule has 0 radical (unpaired) electrons. The molecule has 0 saturated carbocycles. The Morgan fingerprint density at radius 3 is 2.42 bits per heavy atom. The number of carbonyl (C=O) groups excluding carboxylic acids is 3. The highest BCUT2D eigenvalue weighted by Crippen LogP contribution is 2.31. The molecule has 9 nitrogen and oxygen atoms in total. The van der Waals surface area contributed by atoms with Crippen molar-refractivity contribution >= 4 is 23.3 Å². The van der Waals surface area contributed by atoms with Gasteiger partial charge in [-0.2, -0.15) is 0 Å². The van der Waals surface area contributed by atoms with Gasteiger partial charge < -0.3 is 29.5 Å². The normalized spacial score (nSPS) is 25.7. The molecule has 9 heteroatoms. The summed E-state index contributed by atoms with van der Waals surface area (Å²) in [5, 5.41) is 2.97. The van der Waals surface area contributed by atoms with Crippen LogP contribution in [0.5, 0.6) is 0 Å². The molecule has 3 aliphatic rings. The van der Waals surface area contributed by atoms with Crippen LogP contribution in [0, 0.1) is 5.41 Å². The predicted molar refractivity (Wildman–Crippen MR) is 137 cm³/mol. The molecule has 198 valence electrons. The Bertz CT molecular complexity index is 952. The lowest BCUT2D eigenvalue weighted by atomic mass is 9.87. The summed E-state index contributed by atoms with van der Waals surface area (Å²) in [6.45, 7) is 12.6. The SMILES string of the molecule is CCO[C@H]1CN(C(=O)[C@H](CC(C)(C)C)NC(=O)c2ccc(N3CCN(C)CC3)cc2)[C@@H]2C(=O)CO[C@H]12. The molecule has 3 aliphatic heterocycles. The number of benzene rings is 1. The molecule has 2 amide bonds. The summed E-state index contributed by atoms with van der Waals surface area (Å²) in [6, 6.07) is 6.14. The van der Waals surface area contributed by atoms with Crippen LogP contribution in [0.1, 0.15) is 44.5 Å². The highest BCUT2D eigenvalue weighted by molar-refractivity contribution is 5.99. The second-order valence-corrected chi connectivity index (χ2v) is 11.3. The summed E-state index contributed by atoms with van der Waals surface area (Å²) in [5.74, 6) is -0.673. The van der Waals surface area contributed by atoms with E-state index in [1.807, 2.05) is 52.0 Å². The number of piperazine rings is 1. The van der Waals surface area contributed by atoms with Gasteiger partial charge in [-0.05, 0) is 50.1 Å². The summed E-state index contributed by atoms with van der Waals surface area (Å²) in [6.07, 6.45) is -0.350. The first kappa shape index (κ1) is 26.6. The number of ketones is 1. The van der Waals surface area contributed by atoms with Crippen molar-refractivity contribution in [1.29, 1.82) is 0 Å². The molecule has 4 rings (SSSR count). The third-order valence-electron chi connectivity index (χ3n) is 7.22. The molecule has 0 unspecified atom stereocenters. The fraction of sp³-hybridized carbons (Fsp3) is 0.667. The lowest BCUT2D eigenvalue weighted by Gasteiger charge is -2.34. The lowest BCUT2D eigenvalue weighted by molar-refractivity contribution is -0.139. The summed E-state index contributed by atoms with van der Waals surface area (Å²) < 4.78 is 11.4. The number of likely N-dealkylation sites (tertiary alicyclic amines) is 1. The fourth-order valence-corrected chi connectivity index (χ4v) is 5.34. The minimum Gasteiger partial charge on any atom is -0.374 e. The van der Waals surface area contributed by atoms with E-state index in [1.165, 1.54) is 0 Å². The maximum absolute atomic E-state index is 13.8. The number of anilines is 1. The van der Waals surface area contributed by atoms with Gasteiger partial charge in [-0.3, -0.25) is 14.4 Å². The largest absolute Gasteiger partial charge is 0.374 e. The van der Waals surface area contributed by atoms with Gasteiger partial charge in [-0.1, -0.05) is 20.8 Å². The van der Waals surface area contributed by atoms with E-state index in [0.717, 1.165) is 31.9 Å². The first-order chi connectivity index (χ1) is 17.1. The molecule has 0 aliphatic carbocycles. The number of hydrogen-bond donors (Lipinski definition) is 1. The topological polar surface area (TPSA) is 91.4 Å². The molecule has 3 fully saturated rings. The van der Waals surface area contributed by atoms with Gasteiger partial charge in [-0.25, -0.2) is 0 Å². The van der Waals surface area contributed by atoms with Gasteiger partial charge in [0, 0.05) is 44.0 Å². The maximum atomic E-state index is 13.8. The number of Topliss-reactive ketones (excluding diaryl/α,β-unsaturated/α-hetero) is 1. The number of ether oxygens (including phenoxy) is 2. The highest BCUT2D eigenvalue weighted by Gasteiger charge is 2.53. The number of hydrogen-bond acceptors (Lipinski definition) is 7. The van der Waals surface area contributed by atoms with E-state index in [1.54, 1.807) is 4.90 Å². The Kier molecular flexibility index (Phi) is 8.02. The summed E-state index contributed by atoms with van der Waals surface area (Å²) in [7, 11) is 2.12. The second-order valence-electron chi connectivity index (χ2n) is 11.3. The number of fused-ring (bicyclic) bond motifs is 1. The van der Waals surface area contributed by atoms with E-state index >= 15 is 0 Å². The Morgan fingerprint density at radius 1 is 1.14 bits per heavy atom. The zero-order valence-electron chi connectivity index (χ0n) is 22.2. The van der Waals surface area contributed by atoms with Gasteiger partial charge in [0.15, 0.2) is 5.78 Å². The maximum Gasteiger partial charge on any atom is 0.251 e. The van der Waals surface area contributed by atoms with Crippen LogP contribution in [0.4, 0.5) is 5.69 Å². The average molecular weight is 501 g/mol. The number of nitrogens with zero attached hydrogens (tertiary/aromatic N) is 3. The van der Waals surface area contributed by atoms with E-state index in [-0.39, 0.29) is 42.3 Å². The molecule has 3 saturated heterocycles. The molecular weight excluding hydrogens is 460 g/mol. The van der Waals surface area contributed by atoms with Gasteiger partial charge >= 0.3 is 0 Å². The van der Waals surface area contributed by atoms with E-state index in [2.05, 4.69) is 22.2 Å². The van der Waals surface area contributed by atoms with Crippen LogP contribution in [-0.2, 0) is 19.1 Å². The molecule has 1 aromatic carbocycles. The number of amides is 2. The molecule has 0 spiro atoms. The van der Waals surface area contributed by atoms with E-state index < -0.39 is 18.2 Å². The number of nitrogens with one attached hydrogen (secondary N) is 1. The third kappa shape index (κ3) is 5.90. The van der Waals surface area contributed by atoms with Gasteiger partial charge in [0.05, 0.1) is 6.54 Å². The molecule has 0 aromatic heterocycles. The molecule has 36 heavy (non-hydrogen) atoms. The van der Waals surface area contributed by atoms with Crippen molar-refractivity contribution in [1.82, 2.24) is 15.1 Å². The zero-order chi connectivity index (χ0) is 26.0. The van der Waals surface area contributed by atoms with Gasteiger partial charge in [0.25, 0.3) is 5.91 Å². The number of rotatable bonds is 7. The monoisotopic (exact) mass is 500 g/mol. The Labute approximate surface area is 214 Å². The van der Waals surface area contributed by atoms with Gasteiger partial charge in [0.1, 0.15) is 30.9 Å². The van der Waals surface area contributed by atoms with Crippen LogP contribution in [-0.4, -0.2) is 105 Å². The lowest BCUT2D eigenvalue weighted by Crippen LogP contribution is -2.53. The van der Waals surface area contributed by atoms with Crippen molar-refractivity contribution < 1.29 is 23.9 Å². The van der Waals surface area contributed by atoms with E-state index in [4.69, 9.17) is 9.47 Å². The van der Waals surface area contributed by atoms with Crippen LogP contribution in [0.3, 0.4) is 0 Å². The predicted octanol–water partition coefficient (Wildman–Crippen LogP) is 1.56. The number of likely N-dealkylation sites (N-methyl/N-ethyl adjacent to an activating group) is 1. The van der Waals surface area contributed by atoms with Crippen LogP contribution in [0.25, 0.3) is 0 Å². The van der Waals surface area contributed by atoms with Crippen molar-refractivity contribution in [3.8, 4) is 0 Å². The van der Waals surface area contributed by atoms with Crippen molar-refractivity contribution in [3.05, 3.63) is 29.8 Å². The second kappa shape index (κ2) is 10.9. The van der Waals surface area contributed by atoms with E-state index in [9.17, 15) is 14.4 Å². The quantitative estimate of drug-likeness (QED) is 0.608. The van der Waals surface area contributed by atoms with Crippen LogP contribution >= 0.6 is 0 Å². The summed E-state index contributed by atoms with van der Waals surface area (Å²) in [4.78, 5) is 45.7. The van der Waals surface area contributed by atoms with Gasteiger partial charge in [0.2, 0.25) is 5.91 Å². The summed E-state index contributed by atoms with van der Waals surface area (Å²) >= 11 is 0. The Morgan fingerprint density at radius 2 is 1.81 bits per heavy atom. The molecule has 4 atom stereocenters. The first-order valence-electron chi connectivity index (χ1n) is 13.0. The van der Waals surface area contributed by atoms with Gasteiger partial charge in [-0.15, -0.1) is 0 Å². The minimum atomic E-state index is -0.760. The average Bonchev–Trinajstić information content (AvgIpc) is 3.39. The van der Waals surface area contributed by atoms with Crippen molar-refractivity contribution in [2.45, 2.75) is 58.4 Å². The molecule has 1 aromatic rings. The number of carbonyl (C=O) groups is 3.